The van der Waals surface area contributed by atoms with Gasteiger partial charge in [0.05, 0.1) is 10.6 Å². The monoisotopic (exact) mass is 390 g/mol. The zero-order valence-corrected chi connectivity index (χ0v) is 13.8. The van der Waals surface area contributed by atoms with Gasteiger partial charge in [-0.25, -0.2) is 9.87 Å². The maximum Gasteiger partial charge on any atom is 0.268 e. The Kier molecular flexibility index (Phi) is 7.14. The Morgan fingerprint density at radius 1 is 1.52 bits per heavy atom. The summed E-state index contributed by atoms with van der Waals surface area (Å²) in [6, 6.07) is 0.826. The number of carbonyl (C=O) groups excluding carboxylic acids is 2. The summed E-state index contributed by atoms with van der Waals surface area (Å²) < 4.78 is 19.3. The number of amides is 2. The Morgan fingerprint density at radius 3 is 2.65 bits per heavy atom. The lowest BCUT2D eigenvalue weighted by molar-refractivity contribution is -0.133. The van der Waals surface area contributed by atoms with Crippen molar-refractivity contribution in [3.8, 4) is 5.75 Å². The second-order valence-electron chi connectivity index (χ2n) is 4.54. The molecule has 0 aliphatic carbocycles. The minimum absolute atomic E-state index is 0.0818. The van der Waals surface area contributed by atoms with Gasteiger partial charge in [0.2, 0.25) is 0 Å². The van der Waals surface area contributed by atoms with Crippen LogP contribution in [0.1, 0.15) is 17.3 Å². The zero-order valence-electron chi connectivity index (χ0n) is 12.2. The fraction of sp³-hybridized carbons (Fsp3) is 0.286. The quantitative estimate of drug-likeness (QED) is 0.317. The van der Waals surface area contributed by atoms with Crippen LogP contribution in [0.15, 0.2) is 29.3 Å². The van der Waals surface area contributed by atoms with Crippen LogP contribution >= 0.6 is 15.9 Å². The van der Waals surface area contributed by atoms with Crippen LogP contribution in [0.2, 0.25) is 0 Å². The van der Waals surface area contributed by atoms with Crippen LogP contribution in [-0.4, -0.2) is 40.9 Å². The molecule has 0 heterocycles. The maximum absolute atomic E-state index is 14.0. The van der Waals surface area contributed by atoms with Gasteiger partial charge < -0.3 is 15.2 Å². The van der Waals surface area contributed by atoms with Crippen molar-refractivity contribution in [2.45, 2.75) is 19.1 Å². The minimum atomic E-state index is -1.40. The first kappa shape index (κ1) is 19.1. The number of carbonyl (C=O) groups is 2. The number of hydrogen-bond donors (Lipinski definition) is 4. The third-order valence-corrected chi connectivity index (χ3v) is 3.36. The second-order valence-corrected chi connectivity index (χ2v) is 5.39. The van der Waals surface area contributed by atoms with E-state index < -0.39 is 29.8 Å². The lowest BCUT2D eigenvalue weighted by Gasteiger charge is -2.19. The van der Waals surface area contributed by atoms with Gasteiger partial charge in [0.15, 0.2) is 11.6 Å². The molecule has 0 aliphatic rings. The predicted molar refractivity (Wildman–Crippen MR) is 82.7 cm³/mol. The number of nitrogens with one attached hydrogen (secondary N) is 2. The molecule has 2 amide bonds. The molecular formula is C14H16BrFN2O5. The number of benzene rings is 1. The summed E-state index contributed by atoms with van der Waals surface area (Å²) in [4.78, 5) is 23.5. The second kappa shape index (κ2) is 8.61. The lowest BCUT2D eigenvalue weighted by Crippen LogP contribution is -2.51. The number of aliphatic hydroxyl groups excluding tert-OH is 1. The SMILES string of the molecule is C=CCOc1c(F)cc(C(=O)N[C@H](C(=O)NO)[C@@H](C)O)cc1Br. The van der Waals surface area contributed by atoms with Crippen molar-refractivity contribution in [3.63, 3.8) is 0 Å². The molecule has 0 fully saturated rings. The Labute approximate surface area is 140 Å². The van der Waals surface area contributed by atoms with Crippen molar-refractivity contribution in [1.82, 2.24) is 10.8 Å². The van der Waals surface area contributed by atoms with Crippen molar-refractivity contribution in [3.05, 3.63) is 40.6 Å². The predicted octanol–water partition coefficient (Wildman–Crippen LogP) is 1.14. The van der Waals surface area contributed by atoms with E-state index in [-0.39, 0.29) is 22.4 Å². The smallest absolute Gasteiger partial charge is 0.268 e. The van der Waals surface area contributed by atoms with Gasteiger partial charge in [0.1, 0.15) is 12.6 Å². The molecule has 0 radical (unpaired) electrons. The topological polar surface area (TPSA) is 108 Å². The summed E-state index contributed by atoms with van der Waals surface area (Å²) in [6.45, 7) is 4.78. The van der Waals surface area contributed by atoms with Crippen LogP contribution in [0.25, 0.3) is 0 Å². The van der Waals surface area contributed by atoms with Gasteiger partial charge in [0, 0.05) is 5.56 Å². The highest BCUT2D eigenvalue weighted by Gasteiger charge is 2.26. The summed E-state index contributed by atoms with van der Waals surface area (Å²) in [5, 5.41) is 20.2. The van der Waals surface area contributed by atoms with Gasteiger partial charge in [0.25, 0.3) is 11.8 Å². The van der Waals surface area contributed by atoms with Gasteiger partial charge in [-0.1, -0.05) is 12.7 Å². The van der Waals surface area contributed by atoms with E-state index in [4.69, 9.17) is 9.94 Å². The summed E-state index contributed by atoms with van der Waals surface area (Å²) in [6.07, 6.45) is 0.169. The van der Waals surface area contributed by atoms with E-state index in [1.165, 1.54) is 24.5 Å². The highest BCUT2D eigenvalue weighted by atomic mass is 79.9. The molecule has 0 spiro atoms. The molecule has 0 aromatic heterocycles. The van der Waals surface area contributed by atoms with Crippen LogP contribution in [0.3, 0.4) is 0 Å². The van der Waals surface area contributed by atoms with E-state index >= 15 is 0 Å². The Balaban J connectivity index is 3.00. The Hall–Kier alpha value is -1.97. The number of aliphatic hydroxyl groups is 1. The lowest BCUT2D eigenvalue weighted by atomic mass is 10.1. The third-order valence-electron chi connectivity index (χ3n) is 2.77. The van der Waals surface area contributed by atoms with Gasteiger partial charge in [-0.05, 0) is 35.0 Å². The summed E-state index contributed by atoms with van der Waals surface area (Å²) >= 11 is 3.09. The normalized spacial score (nSPS) is 12.9. The number of ether oxygens (including phenoxy) is 1. The third kappa shape index (κ3) is 5.02. The van der Waals surface area contributed by atoms with Crippen LogP contribution in [-0.2, 0) is 4.79 Å². The zero-order chi connectivity index (χ0) is 17.6. The standard InChI is InChI=1S/C14H16BrFN2O5/c1-3-4-23-12-9(15)5-8(6-10(12)16)13(20)17-11(7(2)19)14(21)18-22/h3,5-7,11,19,22H,1,4H2,2H3,(H,17,20)(H,18,21)/t7-,11+/m1/s1. The molecule has 7 nitrogen and oxygen atoms in total. The van der Waals surface area contributed by atoms with Crippen LogP contribution < -0.4 is 15.5 Å². The Morgan fingerprint density at radius 2 is 2.17 bits per heavy atom. The maximum atomic E-state index is 14.0. The van der Waals surface area contributed by atoms with Gasteiger partial charge >= 0.3 is 0 Å². The number of rotatable bonds is 7. The molecule has 4 N–H and O–H groups in total. The van der Waals surface area contributed by atoms with Gasteiger partial charge in [-0.2, -0.15) is 0 Å². The summed E-state index contributed by atoms with van der Waals surface area (Å²) in [5.41, 5.74) is 1.23. The first-order valence-electron chi connectivity index (χ1n) is 6.47. The molecule has 0 aliphatic heterocycles. The molecule has 1 aromatic rings. The molecule has 23 heavy (non-hydrogen) atoms. The van der Waals surface area contributed by atoms with E-state index in [0.717, 1.165) is 6.07 Å². The van der Waals surface area contributed by atoms with E-state index in [1.807, 2.05) is 0 Å². The first-order valence-corrected chi connectivity index (χ1v) is 7.26. The Bertz CT molecular complexity index is 586. The van der Waals surface area contributed by atoms with E-state index in [9.17, 15) is 19.1 Å². The van der Waals surface area contributed by atoms with Crippen LogP contribution in [0.4, 0.5) is 4.39 Å². The van der Waals surface area contributed by atoms with E-state index in [2.05, 4.69) is 27.8 Å². The highest BCUT2D eigenvalue weighted by Crippen LogP contribution is 2.29. The molecule has 9 heteroatoms. The van der Waals surface area contributed by atoms with Crippen molar-refractivity contribution < 1.29 is 29.0 Å². The summed E-state index contributed by atoms with van der Waals surface area (Å²) in [5.74, 6) is -2.68. The van der Waals surface area contributed by atoms with Crippen LogP contribution in [0.5, 0.6) is 5.75 Å². The average molecular weight is 391 g/mol. The van der Waals surface area contributed by atoms with Crippen molar-refractivity contribution in [1.29, 1.82) is 0 Å². The molecule has 0 bridgehead atoms. The molecule has 1 rings (SSSR count). The van der Waals surface area contributed by atoms with E-state index in [0.29, 0.717) is 0 Å². The van der Waals surface area contributed by atoms with Gasteiger partial charge in [-0.15, -0.1) is 0 Å². The fourth-order valence-corrected chi connectivity index (χ4v) is 2.22. The number of halogens is 2. The van der Waals surface area contributed by atoms with Crippen LogP contribution in [0, 0.1) is 5.82 Å². The van der Waals surface area contributed by atoms with Gasteiger partial charge in [-0.3, -0.25) is 14.8 Å². The minimum Gasteiger partial charge on any atom is -0.485 e. The largest absolute Gasteiger partial charge is 0.485 e. The van der Waals surface area contributed by atoms with Crippen molar-refractivity contribution in [2.24, 2.45) is 0 Å². The fourth-order valence-electron chi connectivity index (χ4n) is 1.67. The molecule has 1 aromatic carbocycles. The van der Waals surface area contributed by atoms with E-state index in [1.54, 1.807) is 0 Å². The molecule has 0 saturated carbocycles. The number of hydrogen-bond acceptors (Lipinski definition) is 5. The number of hydroxylamine groups is 1. The molecule has 0 saturated heterocycles. The molecule has 2 atom stereocenters. The molecule has 126 valence electrons. The molecule has 0 unspecified atom stereocenters. The van der Waals surface area contributed by atoms with Crippen molar-refractivity contribution >= 4 is 27.7 Å². The average Bonchev–Trinajstić information content (AvgIpc) is 2.50. The summed E-state index contributed by atoms with van der Waals surface area (Å²) in [7, 11) is 0. The first-order chi connectivity index (χ1) is 10.8. The van der Waals surface area contributed by atoms with Crippen molar-refractivity contribution in [2.75, 3.05) is 6.61 Å². The highest BCUT2D eigenvalue weighted by molar-refractivity contribution is 9.10. The molecular weight excluding hydrogens is 375 g/mol.